The van der Waals surface area contributed by atoms with E-state index in [1.54, 1.807) is 6.92 Å². The zero-order valence-electron chi connectivity index (χ0n) is 10.1. The SMILES string of the molecule is Cc1c(C(=O)O)ccc(Cl)c1N1CCC(=O)NC1=O. The molecule has 1 saturated heterocycles. The first-order valence-corrected chi connectivity index (χ1v) is 5.93. The molecule has 0 aromatic heterocycles. The second kappa shape index (κ2) is 4.89. The van der Waals surface area contributed by atoms with Gasteiger partial charge in [0.2, 0.25) is 5.91 Å². The number of amides is 3. The van der Waals surface area contributed by atoms with E-state index < -0.39 is 12.0 Å². The van der Waals surface area contributed by atoms with Crippen LogP contribution >= 0.6 is 11.6 Å². The molecule has 0 bridgehead atoms. The van der Waals surface area contributed by atoms with Crippen LogP contribution in [0.5, 0.6) is 0 Å². The number of aromatic carboxylic acids is 1. The first-order valence-electron chi connectivity index (χ1n) is 5.55. The van der Waals surface area contributed by atoms with Crippen molar-refractivity contribution in [2.75, 3.05) is 11.4 Å². The Bertz CT molecular complexity index is 585. The lowest BCUT2D eigenvalue weighted by atomic mass is 10.1. The van der Waals surface area contributed by atoms with Crippen LogP contribution in [0.4, 0.5) is 10.5 Å². The molecule has 6 nitrogen and oxygen atoms in total. The number of anilines is 1. The maximum atomic E-state index is 11.8. The van der Waals surface area contributed by atoms with E-state index >= 15 is 0 Å². The Hall–Kier alpha value is -2.08. The molecule has 0 unspecified atom stereocenters. The number of carboxylic acid groups (broad SMARTS) is 1. The Morgan fingerprint density at radius 2 is 2.11 bits per heavy atom. The average molecular weight is 283 g/mol. The molecular formula is C12H11ClN2O4. The van der Waals surface area contributed by atoms with Crippen molar-refractivity contribution in [3.63, 3.8) is 0 Å². The van der Waals surface area contributed by atoms with Gasteiger partial charge in [-0.05, 0) is 24.6 Å². The molecule has 1 fully saturated rings. The molecule has 0 atom stereocenters. The third kappa shape index (κ3) is 2.39. The molecule has 19 heavy (non-hydrogen) atoms. The van der Waals surface area contributed by atoms with Gasteiger partial charge in [-0.2, -0.15) is 0 Å². The van der Waals surface area contributed by atoms with E-state index in [0.717, 1.165) is 0 Å². The zero-order valence-corrected chi connectivity index (χ0v) is 10.8. The number of carboxylic acids is 1. The van der Waals surface area contributed by atoms with Crippen molar-refractivity contribution in [2.45, 2.75) is 13.3 Å². The number of halogens is 1. The summed E-state index contributed by atoms with van der Waals surface area (Å²) in [6.45, 7) is 1.75. The fourth-order valence-electron chi connectivity index (χ4n) is 2.01. The summed E-state index contributed by atoms with van der Waals surface area (Å²) < 4.78 is 0. The second-order valence-corrected chi connectivity index (χ2v) is 4.54. The average Bonchev–Trinajstić information content (AvgIpc) is 2.31. The fraction of sp³-hybridized carbons (Fsp3) is 0.250. The molecule has 100 valence electrons. The summed E-state index contributed by atoms with van der Waals surface area (Å²) in [5, 5.41) is 11.5. The molecule has 1 aliphatic rings. The molecule has 0 aliphatic carbocycles. The maximum Gasteiger partial charge on any atom is 0.336 e. The van der Waals surface area contributed by atoms with Crippen molar-refractivity contribution in [1.82, 2.24) is 5.32 Å². The second-order valence-electron chi connectivity index (χ2n) is 4.13. The molecule has 3 amide bonds. The number of urea groups is 1. The van der Waals surface area contributed by atoms with Gasteiger partial charge in [-0.25, -0.2) is 9.59 Å². The van der Waals surface area contributed by atoms with Crippen molar-refractivity contribution in [3.8, 4) is 0 Å². The first kappa shape index (κ1) is 13.4. The number of hydrogen-bond donors (Lipinski definition) is 2. The first-order chi connectivity index (χ1) is 8.91. The van der Waals surface area contributed by atoms with Gasteiger partial charge in [0.25, 0.3) is 0 Å². The molecule has 1 aliphatic heterocycles. The number of benzene rings is 1. The minimum atomic E-state index is -1.09. The van der Waals surface area contributed by atoms with E-state index in [1.807, 2.05) is 0 Å². The van der Waals surface area contributed by atoms with E-state index in [1.165, 1.54) is 17.0 Å². The smallest absolute Gasteiger partial charge is 0.336 e. The largest absolute Gasteiger partial charge is 0.478 e. The van der Waals surface area contributed by atoms with Crippen LogP contribution in [0.2, 0.25) is 5.02 Å². The van der Waals surface area contributed by atoms with Crippen LogP contribution in [0.3, 0.4) is 0 Å². The molecule has 2 rings (SSSR count). The van der Waals surface area contributed by atoms with Gasteiger partial charge in [0.15, 0.2) is 0 Å². The van der Waals surface area contributed by atoms with Crippen LogP contribution in [0.25, 0.3) is 0 Å². The summed E-state index contributed by atoms with van der Waals surface area (Å²) >= 11 is 6.04. The summed E-state index contributed by atoms with van der Waals surface area (Å²) in [4.78, 5) is 35.3. The predicted molar refractivity (Wildman–Crippen MR) is 68.7 cm³/mol. The van der Waals surface area contributed by atoms with E-state index in [-0.39, 0.29) is 29.5 Å². The number of hydrogen-bond acceptors (Lipinski definition) is 3. The number of carbonyl (C=O) groups excluding carboxylic acids is 2. The minimum Gasteiger partial charge on any atom is -0.478 e. The number of carbonyl (C=O) groups is 3. The Labute approximate surface area is 114 Å². The van der Waals surface area contributed by atoms with Gasteiger partial charge in [-0.1, -0.05) is 11.6 Å². The molecule has 0 radical (unpaired) electrons. The Morgan fingerprint density at radius 1 is 1.42 bits per heavy atom. The molecule has 1 aromatic rings. The Balaban J connectivity index is 2.50. The van der Waals surface area contributed by atoms with Crippen molar-refractivity contribution in [3.05, 3.63) is 28.3 Å². The highest BCUT2D eigenvalue weighted by molar-refractivity contribution is 6.34. The normalized spacial score (nSPS) is 15.4. The van der Waals surface area contributed by atoms with Crippen LogP contribution in [0, 0.1) is 6.92 Å². The number of rotatable bonds is 2. The highest BCUT2D eigenvalue weighted by Gasteiger charge is 2.28. The summed E-state index contributed by atoms with van der Waals surface area (Å²) in [6, 6.07) is 2.22. The van der Waals surface area contributed by atoms with E-state index in [4.69, 9.17) is 16.7 Å². The van der Waals surface area contributed by atoms with E-state index in [2.05, 4.69) is 5.32 Å². The topological polar surface area (TPSA) is 86.7 Å². The van der Waals surface area contributed by atoms with Crippen LogP contribution in [0.1, 0.15) is 22.3 Å². The van der Waals surface area contributed by atoms with Crippen LogP contribution in [-0.2, 0) is 4.79 Å². The van der Waals surface area contributed by atoms with E-state index in [9.17, 15) is 14.4 Å². The highest BCUT2D eigenvalue weighted by atomic mass is 35.5. The summed E-state index contributed by atoms with van der Waals surface area (Å²) in [5.74, 6) is -1.45. The Morgan fingerprint density at radius 3 is 2.68 bits per heavy atom. The predicted octanol–water partition coefficient (Wildman–Crippen LogP) is 1.79. The van der Waals surface area contributed by atoms with Crippen LogP contribution in [-0.4, -0.2) is 29.6 Å². The van der Waals surface area contributed by atoms with Gasteiger partial charge in [-0.15, -0.1) is 0 Å². The standard InChI is InChI=1S/C12H11ClN2O4/c1-6-7(11(17)18)2-3-8(13)10(6)15-5-4-9(16)14-12(15)19/h2-3H,4-5H2,1H3,(H,17,18)(H,14,16,19). The summed E-state index contributed by atoms with van der Waals surface area (Å²) in [7, 11) is 0. The van der Waals surface area contributed by atoms with Crippen molar-refractivity contribution < 1.29 is 19.5 Å². The van der Waals surface area contributed by atoms with Crippen molar-refractivity contribution in [2.24, 2.45) is 0 Å². The molecule has 0 saturated carbocycles. The van der Waals surface area contributed by atoms with Crippen molar-refractivity contribution in [1.29, 1.82) is 0 Å². The molecule has 2 N–H and O–H groups in total. The monoisotopic (exact) mass is 282 g/mol. The van der Waals surface area contributed by atoms with Gasteiger partial charge in [0.05, 0.1) is 16.3 Å². The lowest BCUT2D eigenvalue weighted by Gasteiger charge is -2.29. The summed E-state index contributed by atoms with van der Waals surface area (Å²) in [6.07, 6.45) is 0.152. The lowest BCUT2D eigenvalue weighted by Crippen LogP contribution is -2.50. The van der Waals surface area contributed by atoms with Crippen molar-refractivity contribution >= 4 is 35.2 Å². The minimum absolute atomic E-state index is 0.0732. The van der Waals surface area contributed by atoms with Gasteiger partial charge in [0, 0.05) is 13.0 Å². The maximum absolute atomic E-state index is 11.8. The quantitative estimate of drug-likeness (QED) is 0.866. The van der Waals surface area contributed by atoms with Gasteiger partial charge < -0.3 is 5.11 Å². The molecular weight excluding hydrogens is 272 g/mol. The molecule has 1 aromatic carbocycles. The lowest BCUT2D eigenvalue weighted by molar-refractivity contribution is -0.120. The fourth-order valence-corrected chi connectivity index (χ4v) is 2.31. The van der Waals surface area contributed by atoms with Gasteiger partial charge in [0.1, 0.15) is 0 Å². The summed E-state index contributed by atoms with van der Waals surface area (Å²) in [5.41, 5.74) is 0.792. The molecule has 1 heterocycles. The third-order valence-electron chi connectivity index (χ3n) is 2.94. The van der Waals surface area contributed by atoms with Gasteiger partial charge >= 0.3 is 12.0 Å². The van der Waals surface area contributed by atoms with E-state index in [0.29, 0.717) is 11.3 Å². The van der Waals surface area contributed by atoms with Crippen LogP contribution < -0.4 is 10.2 Å². The Kier molecular flexibility index (Phi) is 3.44. The third-order valence-corrected chi connectivity index (χ3v) is 3.24. The van der Waals surface area contributed by atoms with Gasteiger partial charge in [-0.3, -0.25) is 15.0 Å². The molecule has 0 spiro atoms. The highest BCUT2D eigenvalue weighted by Crippen LogP contribution is 2.33. The molecule has 7 heteroatoms. The zero-order chi connectivity index (χ0) is 14.2. The van der Waals surface area contributed by atoms with Crippen LogP contribution in [0.15, 0.2) is 12.1 Å². The number of nitrogens with one attached hydrogen (secondary N) is 1. The number of nitrogens with zero attached hydrogens (tertiary/aromatic N) is 1. The number of imide groups is 1.